The van der Waals surface area contributed by atoms with E-state index in [4.69, 9.17) is 11.6 Å². The summed E-state index contributed by atoms with van der Waals surface area (Å²) >= 11 is 5.80. The van der Waals surface area contributed by atoms with Crippen LogP contribution < -0.4 is 5.32 Å². The van der Waals surface area contributed by atoms with Crippen LogP contribution in [0.2, 0.25) is 5.02 Å². The fraction of sp³-hybridized carbons (Fsp3) is 0.462. The number of amides is 1. The molecule has 1 heterocycles. The maximum atomic E-state index is 13.3. The number of hydrogen-bond acceptors (Lipinski definition) is 2. The Balaban J connectivity index is 0.00000133. The highest BCUT2D eigenvalue weighted by molar-refractivity contribution is 6.31. The number of nitrogens with zero attached hydrogens (tertiary/aromatic N) is 1. The predicted molar refractivity (Wildman–Crippen MR) is 74.5 cm³/mol. The largest absolute Gasteiger partial charge is 0.330 e. The van der Waals surface area contributed by atoms with Crippen molar-refractivity contribution in [2.45, 2.75) is 18.4 Å². The number of carbonyl (C=O) groups is 1. The third-order valence-electron chi connectivity index (χ3n) is 3.72. The van der Waals surface area contributed by atoms with Crippen molar-refractivity contribution >= 4 is 29.9 Å². The molecular formula is C13H15Cl2FN2O. The number of carbonyl (C=O) groups excluding carboxylic acids is 1. The number of piperazine rings is 1. The summed E-state index contributed by atoms with van der Waals surface area (Å²) in [7, 11) is 0. The van der Waals surface area contributed by atoms with Crippen LogP contribution in [-0.4, -0.2) is 36.0 Å². The van der Waals surface area contributed by atoms with Gasteiger partial charge in [0.1, 0.15) is 5.82 Å². The summed E-state index contributed by atoms with van der Waals surface area (Å²) in [5, 5.41) is 3.56. The topological polar surface area (TPSA) is 32.3 Å². The number of hydrogen-bond donors (Lipinski definition) is 1. The molecule has 0 bridgehead atoms. The molecule has 1 aliphatic carbocycles. The zero-order valence-electron chi connectivity index (χ0n) is 10.3. The van der Waals surface area contributed by atoms with Crippen molar-refractivity contribution < 1.29 is 9.18 Å². The van der Waals surface area contributed by atoms with E-state index in [1.165, 1.54) is 18.2 Å². The lowest BCUT2D eigenvalue weighted by Crippen LogP contribution is -2.55. The third-order valence-corrected chi connectivity index (χ3v) is 3.94. The molecule has 1 amide bonds. The first-order chi connectivity index (χ1) is 8.61. The summed E-state index contributed by atoms with van der Waals surface area (Å²) in [6.45, 7) is 2.30. The number of nitrogens with one attached hydrogen (secondary N) is 1. The van der Waals surface area contributed by atoms with Gasteiger partial charge in [0.15, 0.2) is 0 Å². The molecule has 0 aromatic heterocycles. The van der Waals surface area contributed by atoms with Gasteiger partial charge >= 0.3 is 0 Å². The van der Waals surface area contributed by atoms with Gasteiger partial charge in [0.05, 0.1) is 5.54 Å². The van der Waals surface area contributed by atoms with Crippen molar-refractivity contribution in [3.63, 3.8) is 0 Å². The number of benzene rings is 1. The highest BCUT2D eigenvalue weighted by Crippen LogP contribution is 2.43. The van der Waals surface area contributed by atoms with Crippen LogP contribution in [-0.2, 0) is 0 Å². The van der Waals surface area contributed by atoms with Crippen molar-refractivity contribution in [3.8, 4) is 0 Å². The molecule has 1 N–H and O–H groups in total. The standard InChI is InChI=1S/C13H14ClFN2O.ClH/c14-10-5-9(6-11(15)7-10)12(18)17-4-3-16-8-13(17)1-2-13;/h5-7,16H,1-4,8H2;1H. The molecule has 1 aromatic rings. The fourth-order valence-corrected chi connectivity index (χ4v) is 2.81. The van der Waals surface area contributed by atoms with Crippen LogP contribution in [0.3, 0.4) is 0 Å². The van der Waals surface area contributed by atoms with Gasteiger partial charge in [-0.05, 0) is 31.0 Å². The van der Waals surface area contributed by atoms with E-state index in [1.807, 2.05) is 4.90 Å². The van der Waals surface area contributed by atoms with E-state index in [-0.39, 0.29) is 28.9 Å². The first kappa shape index (κ1) is 14.6. The maximum absolute atomic E-state index is 13.3. The molecular weight excluding hydrogens is 290 g/mol. The molecule has 3 nitrogen and oxygen atoms in total. The molecule has 6 heteroatoms. The minimum Gasteiger partial charge on any atom is -0.330 e. The summed E-state index contributed by atoms with van der Waals surface area (Å²) in [5.74, 6) is -0.582. The van der Waals surface area contributed by atoms with Gasteiger partial charge in [0.2, 0.25) is 0 Å². The predicted octanol–water partition coefficient (Wildman–Crippen LogP) is 2.48. The van der Waals surface area contributed by atoms with E-state index in [1.54, 1.807) is 0 Å². The Labute approximate surface area is 122 Å². The van der Waals surface area contributed by atoms with Gasteiger partial charge in [-0.1, -0.05) is 11.6 Å². The minimum absolute atomic E-state index is 0. The summed E-state index contributed by atoms with van der Waals surface area (Å²) in [5.41, 5.74) is 0.307. The second-order valence-electron chi connectivity index (χ2n) is 5.02. The van der Waals surface area contributed by atoms with E-state index < -0.39 is 5.82 Å². The first-order valence-electron chi connectivity index (χ1n) is 6.10. The molecule has 1 spiro atoms. The van der Waals surface area contributed by atoms with Crippen molar-refractivity contribution in [3.05, 3.63) is 34.6 Å². The molecule has 0 atom stereocenters. The van der Waals surface area contributed by atoms with Crippen molar-refractivity contribution in [2.75, 3.05) is 19.6 Å². The normalized spacial score (nSPS) is 20.0. The van der Waals surface area contributed by atoms with Crippen LogP contribution in [0, 0.1) is 5.82 Å². The van der Waals surface area contributed by atoms with E-state index >= 15 is 0 Å². The average molecular weight is 305 g/mol. The highest BCUT2D eigenvalue weighted by Gasteiger charge is 2.51. The summed E-state index contributed by atoms with van der Waals surface area (Å²) in [6, 6.07) is 4.00. The Bertz CT molecular complexity index is 485. The van der Waals surface area contributed by atoms with Gasteiger partial charge in [-0.15, -0.1) is 12.4 Å². The maximum Gasteiger partial charge on any atom is 0.254 e. The second-order valence-corrected chi connectivity index (χ2v) is 5.45. The van der Waals surface area contributed by atoms with Crippen LogP contribution >= 0.6 is 24.0 Å². The number of rotatable bonds is 1. The van der Waals surface area contributed by atoms with Crippen LogP contribution in [0.4, 0.5) is 4.39 Å². The Morgan fingerprint density at radius 2 is 2.11 bits per heavy atom. The molecule has 0 unspecified atom stereocenters. The molecule has 1 saturated heterocycles. The highest BCUT2D eigenvalue weighted by atomic mass is 35.5. The molecule has 1 aromatic carbocycles. The lowest BCUT2D eigenvalue weighted by molar-refractivity contribution is 0.0600. The Hall–Kier alpha value is -0.840. The number of halogens is 3. The smallest absolute Gasteiger partial charge is 0.254 e. The zero-order valence-corrected chi connectivity index (χ0v) is 11.9. The Kier molecular flexibility index (Phi) is 4.04. The molecule has 2 fully saturated rings. The molecule has 3 rings (SSSR count). The van der Waals surface area contributed by atoms with E-state index in [0.717, 1.165) is 25.9 Å². The Morgan fingerprint density at radius 3 is 2.74 bits per heavy atom. The lowest BCUT2D eigenvalue weighted by Gasteiger charge is -2.36. The molecule has 19 heavy (non-hydrogen) atoms. The van der Waals surface area contributed by atoms with Gasteiger partial charge in [-0.3, -0.25) is 4.79 Å². The fourth-order valence-electron chi connectivity index (χ4n) is 2.59. The van der Waals surface area contributed by atoms with Crippen molar-refractivity contribution in [1.82, 2.24) is 10.2 Å². The van der Waals surface area contributed by atoms with Crippen LogP contribution in [0.5, 0.6) is 0 Å². The summed E-state index contributed by atoms with van der Waals surface area (Å²) < 4.78 is 13.3. The van der Waals surface area contributed by atoms with E-state index in [0.29, 0.717) is 12.1 Å². The van der Waals surface area contributed by atoms with Gasteiger partial charge in [-0.25, -0.2) is 4.39 Å². The van der Waals surface area contributed by atoms with Crippen molar-refractivity contribution in [2.24, 2.45) is 0 Å². The van der Waals surface area contributed by atoms with Gasteiger partial charge < -0.3 is 10.2 Å². The van der Waals surface area contributed by atoms with Gasteiger partial charge in [0, 0.05) is 30.2 Å². The van der Waals surface area contributed by atoms with Gasteiger partial charge in [0.25, 0.3) is 5.91 Å². The molecule has 1 saturated carbocycles. The van der Waals surface area contributed by atoms with E-state index in [2.05, 4.69) is 5.32 Å². The van der Waals surface area contributed by atoms with Gasteiger partial charge in [-0.2, -0.15) is 0 Å². The SMILES string of the molecule is Cl.O=C(c1cc(F)cc(Cl)c1)N1CCNCC12CC2. The van der Waals surface area contributed by atoms with E-state index in [9.17, 15) is 9.18 Å². The monoisotopic (exact) mass is 304 g/mol. The third kappa shape index (κ3) is 2.71. The average Bonchev–Trinajstić information content (AvgIpc) is 3.08. The summed E-state index contributed by atoms with van der Waals surface area (Å²) in [4.78, 5) is 14.3. The molecule has 2 aliphatic rings. The second kappa shape index (κ2) is 5.27. The zero-order chi connectivity index (χ0) is 12.8. The quantitative estimate of drug-likeness (QED) is 0.864. The Morgan fingerprint density at radius 1 is 1.37 bits per heavy atom. The minimum atomic E-state index is -0.467. The van der Waals surface area contributed by atoms with Crippen LogP contribution in [0.25, 0.3) is 0 Å². The van der Waals surface area contributed by atoms with Crippen LogP contribution in [0.1, 0.15) is 23.2 Å². The lowest BCUT2D eigenvalue weighted by atomic mass is 10.1. The van der Waals surface area contributed by atoms with Crippen molar-refractivity contribution in [1.29, 1.82) is 0 Å². The molecule has 104 valence electrons. The first-order valence-corrected chi connectivity index (χ1v) is 6.47. The molecule has 0 radical (unpaired) electrons. The summed E-state index contributed by atoms with van der Waals surface area (Å²) in [6.07, 6.45) is 2.05. The molecule has 1 aliphatic heterocycles. The van der Waals surface area contributed by atoms with Crippen LogP contribution in [0.15, 0.2) is 18.2 Å².